The minimum Gasteiger partial charge on any atom is -0.480 e. The standard InChI is InChI=1S/C12H13BrFNO2/c13-9-3-2-8(10(14)6-9)7-12(11(16)17)4-1-5-15-12/h2-3,6,15H,1,4-5,7H2,(H,16,17). The van der Waals surface area contributed by atoms with E-state index in [-0.39, 0.29) is 12.2 Å². The molecule has 1 saturated heterocycles. The van der Waals surface area contributed by atoms with Crippen molar-refractivity contribution in [1.29, 1.82) is 0 Å². The van der Waals surface area contributed by atoms with Gasteiger partial charge in [-0.1, -0.05) is 22.0 Å². The third-order valence-corrected chi connectivity index (χ3v) is 3.65. The van der Waals surface area contributed by atoms with Gasteiger partial charge in [0.2, 0.25) is 0 Å². The molecule has 5 heteroatoms. The molecule has 0 spiro atoms. The van der Waals surface area contributed by atoms with Crippen LogP contribution in [-0.4, -0.2) is 23.2 Å². The maximum atomic E-state index is 13.7. The molecule has 17 heavy (non-hydrogen) atoms. The van der Waals surface area contributed by atoms with E-state index in [9.17, 15) is 14.3 Å². The number of hydrogen-bond donors (Lipinski definition) is 2. The Morgan fingerprint density at radius 2 is 2.35 bits per heavy atom. The highest BCUT2D eigenvalue weighted by atomic mass is 79.9. The average molecular weight is 302 g/mol. The van der Waals surface area contributed by atoms with Gasteiger partial charge in [-0.05, 0) is 37.1 Å². The largest absolute Gasteiger partial charge is 0.480 e. The molecule has 1 unspecified atom stereocenters. The van der Waals surface area contributed by atoms with E-state index in [1.807, 2.05) is 0 Å². The highest BCUT2D eigenvalue weighted by molar-refractivity contribution is 9.10. The molecule has 1 aromatic carbocycles. The molecule has 1 heterocycles. The normalized spacial score (nSPS) is 23.9. The van der Waals surface area contributed by atoms with Crippen LogP contribution in [0.25, 0.3) is 0 Å². The highest BCUT2D eigenvalue weighted by Crippen LogP contribution is 2.26. The van der Waals surface area contributed by atoms with Crippen LogP contribution in [0.15, 0.2) is 22.7 Å². The van der Waals surface area contributed by atoms with Crippen LogP contribution in [0.3, 0.4) is 0 Å². The van der Waals surface area contributed by atoms with Gasteiger partial charge in [-0.25, -0.2) is 4.39 Å². The number of carboxylic acid groups (broad SMARTS) is 1. The maximum Gasteiger partial charge on any atom is 0.324 e. The topological polar surface area (TPSA) is 49.3 Å². The molecule has 3 nitrogen and oxygen atoms in total. The number of carboxylic acids is 1. The van der Waals surface area contributed by atoms with Crippen LogP contribution in [0.1, 0.15) is 18.4 Å². The zero-order valence-corrected chi connectivity index (χ0v) is 10.8. The number of aliphatic carboxylic acids is 1. The summed E-state index contributed by atoms with van der Waals surface area (Å²) < 4.78 is 14.3. The van der Waals surface area contributed by atoms with Gasteiger partial charge in [0.1, 0.15) is 11.4 Å². The molecule has 0 saturated carbocycles. The first-order chi connectivity index (χ1) is 8.03. The summed E-state index contributed by atoms with van der Waals surface area (Å²) in [7, 11) is 0. The summed E-state index contributed by atoms with van der Waals surface area (Å²) in [6.07, 6.45) is 1.53. The lowest BCUT2D eigenvalue weighted by atomic mass is 9.89. The van der Waals surface area contributed by atoms with Gasteiger partial charge in [0.25, 0.3) is 0 Å². The molecule has 0 amide bonds. The fourth-order valence-electron chi connectivity index (χ4n) is 2.21. The second-order valence-electron chi connectivity index (χ2n) is 4.33. The van der Waals surface area contributed by atoms with Gasteiger partial charge in [-0.15, -0.1) is 0 Å². The van der Waals surface area contributed by atoms with Gasteiger partial charge in [0, 0.05) is 10.9 Å². The zero-order valence-electron chi connectivity index (χ0n) is 9.17. The fourth-order valence-corrected chi connectivity index (χ4v) is 2.54. The molecular formula is C12H13BrFNO2. The third-order valence-electron chi connectivity index (χ3n) is 3.16. The lowest BCUT2D eigenvalue weighted by Crippen LogP contribution is -2.49. The molecule has 92 valence electrons. The molecule has 0 aliphatic carbocycles. The smallest absolute Gasteiger partial charge is 0.324 e. The predicted octanol–water partition coefficient (Wildman–Crippen LogP) is 2.34. The average Bonchev–Trinajstić information content (AvgIpc) is 2.72. The van der Waals surface area contributed by atoms with Crippen LogP contribution in [-0.2, 0) is 11.2 Å². The van der Waals surface area contributed by atoms with E-state index in [0.717, 1.165) is 6.42 Å². The molecule has 0 aromatic heterocycles. The molecular weight excluding hydrogens is 289 g/mol. The SMILES string of the molecule is O=C(O)C1(Cc2ccc(Br)cc2F)CCCN1. The Labute approximate surface area is 107 Å². The second kappa shape index (κ2) is 4.74. The summed E-state index contributed by atoms with van der Waals surface area (Å²) >= 11 is 3.18. The molecule has 1 aliphatic heterocycles. The molecule has 2 rings (SSSR count). The van der Waals surface area contributed by atoms with E-state index in [1.165, 1.54) is 6.07 Å². The van der Waals surface area contributed by atoms with Gasteiger partial charge in [-0.2, -0.15) is 0 Å². The van der Waals surface area contributed by atoms with Crippen LogP contribution in [0.2, 0.25) is 0 Å². The number of halogens is 2. The predicted molar refractivity (Wildman–Crippen MR) is 65.4 cm³/mol. The van der Waals surface area contributed by atoms with Crippen LogP contribution in [0.5, 0.6) is 0 Å². The van der Waals surface area contributed by atoms with Crippen molar-refractivity contribution in [3.63, 3.8) is 0 Å². The minimum absolute atomic E-state index is 0.182. The Hall–Kier alpha value is -0.940. The van der Waals surface area contributed by atoms with Gasteiger partial charge in [0.15, 0.2) is 0 Å². The number of nitrogens with one attached hydrogen (secondary N) is 1. The number of hydrogen-bond acceptors (Lipinski definition) is 2. The van der Waals surface area contributed by atoms with E-state index in [2.05, 4.69) is 21.2 Å². The summed E-state index contributed by atoms with van der Waals surface area (Å²) in [5.41, 5.74) is -0.570. The van der Waals surface area contributed by atoms with E-state index < -0.39 is 11.5 Å². The van der Waals surface area contributed by atoms with Crippen molar-refractivity contribution in [2.24, 2.45) is 0 Å². The highest BCUT2D eigenvalue weighted by Gasteiger charge is 2.41. The summed E-state index contributed by atoms with van der Waals surface area (Å²) in [6, 6.07) is 4.72. The Morgan fingerprint density at radius 1 is 1.59 bits per heavy atom. The Kier molecular flexibility index (Phi) is 3.49. The number of carbonyl (C=O) groups is 1. The van der Waals surface area contributed by atoms with Crippen LogP contribution < -0.4 is 5.32 Å². The first-order valence-corrected chi connectivity index (χ1v) is 6.25. The third kappa shape index (κ3) is 2.50. The van der Waals surface area contributed by atoms with Crippen molar-refractivity contribution in [1.82, 2.24) is 5.32 Å². The lowest BCUT2D eigenvalue weighted by molar-refractivity contribution is -0.144. The molecule has 0 bridgehead atoms. The van der Waals surface area contributed by atoms with Crippen molar-refractivity contribution < 1.29 is 14.3 Å². The number of rotatable bonds is 3. The minimum atomic E-state index is -1.01. The molecule has 2 N–H and O–H groups in total. The summed E-state index contributed by atoms with van der Waals surface area (Å²) in [5, 5.41) is 12.3. The van der Waals surface area contributed by atoms with Crippen molar-refractivity contribution in [3.8, 4) is 0 Å². The first-order valence-electron chi connectivity index (χ1n) is 5.46. The van der Waals surface area contributed by atoms with Crippen molar-refractivity contribution >= 4 is 21.9 Å². The molecule has 0 radical (unpaired) electrons. The van der Waals surface area contributed by atoms with Crippen LogP contribution in [0, 0.1) is 5.82 Å². The summed E-state index contributed by atoms with van der Waals surface area (Å²) in [6.45, 7) is 0.671. The van der Waals surface area contributed by atoms with E-state index >= 15 is 0 Å². The Bertz CT molecular complexity index is 444. The Balaban J connectivity index is 2.26. The second-order valence-corrected chi connectivity index (χ2v) is 5.25. The van der Waals surface area contributed by atoms with Gasteiger partial charge in [0.05, 0.1) is 0 Å². The summed E-state index contributed by atoms with van der Waals surface area (Å²) in [5.74, 6) is -1.27. The molecule has 1 atom stereocenters. The zero-order chi connectivity index (χ0) is 12.5. The van der Waals surface area contributed by atoms with E-state index in [4.69, 9.17) is 0 Å². The Morgan fingerprint density at radius 3 is 2.88 bits per heavy atom. The van der Waals surface area contributed by atoms with Crippen molar-refractivity contribution in [3.05, 3.63) is 34.1 Å². The van der Waals surface area contributed by atoms with Gasteiger partial charge >= 0.3 is 5.97 Å². The molecule has 1 aliphatic rings. The van der Waals surface area contributed by atoms with Gasteiger partial charge in [-0.3, -0.25) is 4.79 Å². The fraction of sp³-hybridized carbons (Fsp3) is 0.417. The van der Waals surface area contributed by atoms with Gasteiger partial charge < -0.3 is 10.4 Å². The van der Waals surface area contributed by atoms with Crippen molar-refractivity contribution in [2.45, 2.75) is 24.8 Å². The lowest BCUT2D eigenvalue weighted by Gasteiger charge is -2.24. The van der Waals surface area contributed by atoms with E-state index in [0.29, 0.717) is 23.0 Å². The van der Waals surface area contributed by atoms with E-state index in [1.54, 1.807) is 12.1 Å². The van der Waals surface area contributed by atoms with Crippen LogP contribution in [0.4, 0.5) is 4.39 Å². The maximum absolute atomic E-state index is 13.7. The molecule has 1 aromatic rings. The quantitative estimate of drug-likeness (QED) is 0.901. The van der Waals surface area contributed by atoms with Crippen molar-refractivity contribution in [2.75, 3.05) is 6.54 Å². The van der Waals surface area contributed by atoms with Crippen LogP contribution >= 0.6 is 15.9 Å². The monoisotopic (exact) mass is 301 g/mol. The first kappa shape index (κ1) is 12.5. The number of benzene rings is 1. The summed E-state index contributed by atoms with van der Waals surface area (Å²) in [4.78, 5) is 11.3. The molecule has 1 fully saturated rings.